The van der Waals surface area contributed by atoms with Gasteiger partial charge in [-0.05, 0) is 33.6 Å². The quantitative estimate of drug-likeness (QED) is 0.739. The molecule has 0 bridgehead atoms. The van der Waals surface area contributed by atoms with E-state index in [9.17, 15) is 18.4 Å². The summed E-state index contributed by atoms with van der Waals surface area (Å²) >= 11 is -2.02. The zero-order chi connectivity index (χ0) is 17.9. The van der Waals surface area contributed by atoms with E-state index in [0.29, 0.717) is 39.3 Å². The summed E-state index contributed by atoms with van der Waals surface area (Å²) in [6.07, 6.45) is 1.12. The van der Waals surface area contributed by atoms with Gasteiger partial charge in [0, 0.05) is 39.3 Å². The third kappa shape index (κ3) is 5.15. The highest BCUT2D eigenvalue weighted by molar-refractivity contribution is 7.76. The van der Waals surface area contributed by atoms with Crippen LogP contribution in [0.3, 0.4) is 0 Å². The maximum Gasteiger partial charge on any atom is 0.410 e. The summed E-state index contributed by atoms with van der Waals surface area (Å²) in [5, 5.41) is 0. The maximum absolute atomic E-state index is 12.6. The summed E-state index contributed by atoms with van der Waals surface area (Å²) in [6.45, 7) is 8.16. The zero-order valence-electron chi connectivity index (χ0n) is 14.6. The van der Waals surface area contributed by atoms with Crippen molar-refractivity contribution in [3.8, 4) is 0 Å². The number of hydrogen-bond donors (Lipinski definition) is 1. The lowest BCUT2D eigenvalue weighted by Gasteiger charge is -2.38. The second kappa shape index (κ2) is 7.79. The molecule has 138 valence electrons. The minimum absolute atomic E-state index is 0.00832. The first kappa shape index (κ1) is 19.1. The molecule has 8 nitrogen and oxygen atoms in total. The van der Waals surface area contributed by atoms with E-state index in [2.05, 4.69) is 0 Å². The molecule has 0 aromatic carbocycles. The Kier molecular flexibility index (Phi) is 6.22. The molecule has 24 heavy (non-hydrogen) atoms. The Morgan fingerprint density at radius 2 is 1.67 bits per heavy atom. The minimum Gasteiger partial charge on any atom is -0.444 e. The first-order chi connectivity index (χ1) is 11.2. The van der Waals surface area contributed by atoms with Gasteiger partial charge >= 0.3 is 6.09 Å². The molecule has 2 amide bonds. The van der Waals surface area contributed by atoms with Crippen molar-refractivity contribution in [3.63, 3.8) is 0 Å². The number of ether oxygens (including phenoxy) is 1. The van der Waals surface area contributed by atoms with Gasteiger partial charge in [0.2, 0.25) is 17.2 Å². The van der Waals surface area contributed by atoms with Gasteiger partial charge in [-0.3, -0.25) is 9.35 Å². The Morgan fingerprint density at radius 1 is 1.08 bits per heavy atom. The van der Waals surface area contributed by atoms with Gasteiger partial charge in [0.05, 0.1) is 5.92 Å². The first-order valence-electron chi connectivity index (χ1n) is 8.30. The van der Waals surface area contributed by atoms with Crippen molar-refractivity contribution < 1.29 is 23.1 Å². The highest BCUT2D eigenvalue weighted by atomic mass is 32.2. The Hall–Kier alpha value is -1.19. The van der Waals surface area contributed by atoms with E-state index in [-0.39, 0.29) is 17.9 Å². The number of amides is 2. The Labute approximate surface area is 145 Å². The van der Waals surface area contributed by atoms with E-state index in [1.165, 1.54) is 4.31 Å². The third-order valence-electron chi connectivity index (χ3n) is 4.20. The Balaban J connectivity index is 1.84. The monoisotopic (exact) mass is 361 g/mol. The van der Waals surface area contributed by atoms with Crippen molar-refractivity contribution in [2.45, 2.75) is 39.2 Å². The SMILES string of the molecule is CC(C)(C)OC(=O)N1CCN(C(=O)[C@@H]2CCCN(S(=O)O)C2)CC1. The largest absolute Gasteiger partial charge is 0.444 e. The molecule has 2 atom stereocenters. The van der Waals surface area contributed by atoms with Crippen LogP contribution in [0, 0.1) is 5.92 Å². The minimum atomic E-state index is -2.02. The van der Waals surface area contributed by atoms with Crippen LogP contribution in [0.15, 0.2) is 0 Å². The van der Waals surface area contributed by atoms with E-state index in [4.69, 9.17) is 4.74 Å². The van der Waals surface area contributed by atoms with E-state index in [1.807, 2.05) is 20.8 Å². The number of piperazine rings is 1. The standard InChI is InChI=1S/C15H27N3O5S/c1-15(2,3)23-14(20)17-9-7-16(8-10-17)13(19)12-5-4-6-18(11-12)24(21)22/h12H,4-11H2,1-3H3,(H,21,22)/t12-/m1/s1. The number of carbonyl (C=O) groups excluding carboxylic acids is 2. The lowest BCUT2D eigenvalue weighted by Crippen LogP contribution is -2.54. The molecule has 2 saturated heterocycles. The average Bonchev–Trinajstić information content (AvgIpc) is 2.53. The topological polar surface area (TPSA) is 90.4 Å². The molecule has 2 fully saturated rings. The highest BCUT2D eigenvalue weighted by Gasteiger charge is 2.33. The average molecular weight is 361 g/mol. The molecule has 0 aliphatic carbocycles. The molecule has 0 aromatic rings. The van der Waals surface area contributed by atoms with Crippen LogP contribution in [0.1, 0.15) is 33.6 Å². The van der Waals surface area contributed by atoms with E-state index >= 15 is 0 Å². The summed E-state index contributed by atoms with van der Waals surface area (Å²) in [5.41, 5.74) is -0.532. The van der Waals surface area contributed by atoms with E-state index in [1.54, 1.807) is 9.80 Å². The van der Waals surface area contributed by atoms with Gasteiger partial charge < -0.3 is 14.5 Å². The molecule has 0 radical (unpaired) electrons. The fraction of sp³-hybridized carbons (Fsp3) is 0.867. The second-order valence-corrected chi connectivity index (χ2v) is 8.23. The third-order valence-corrected chi connectivity index (χ3v) is 4.97. The van der Waals surface area contributed by atoms with Gasteiger partial charge in [0.25, 0.3) is 0 Å². The van der Waals surface area contributed by atoms with Crippen molar-refractivity contribution >= 4 is 23.3 Å². The van der Waals surface area contributed by atoms with E-state index in [0.717, 1.165) is 12.8 Å². The molecule has 0 spiro atoms. The molecule has 9 heteroatoms. The fourth-order valence-corrected chi connectivity index (χ4v) is 3.57. The van der Waals surface area contributed by atoms with Gasteiger partial charge in [0.15, 0.2) is 0 Å². The molecule has 2 aliphatic rings. The summed E-state index contributed by atoms with van der Waals surface area (Å²) in [6, 6.07) is 0. The number of rotatable bonds is 2. The van der Waals surface area contributed by atoms with Crippen molar-refractivity contribution in [1.29, 1.82) is 0 Å². The molecule has 2 rings (SSSR count). The van der Waals surface area contributed by atoms with Crippen molar-refractivity contribution in [2.75, 3.05) is 39.3 Å². The fourth-order valence-electron chi connectivity index (χ4n) is 2.98. The number of hydrogen-bond acceptors (Lipinski definition) is 4. The highest BCUT2D eigenvalue weighted by Crippen LogP contribution is 2.21. The van der Waals surface area contributed by atoms with Gasteiger partial charge in [-0.15, -0.1) is 0 Å². The summed E-state index contributed by atoms with van der Waals surface area (Å²) in [5.74, 6) is -0.239. The van der Waals surface area contributed by atoms with Crippen LogP contribution in [0.2, 0.25) is 0 Å². The van der Waals surface area contributed by atoms with Gasteiger partial charge in [-0.1, -0.05) is 0 Å². The Morgan fingerprint density at radius 3 is 2.21 bits per heavy atom. The molecule has 2 heterocycles. The van der Waals surface area contributed by atoms with Gasteiger partial charge in [-0.2, -0.15) is 0 Å². The molecule has 2 aliphatic heterocycles. The predicted octanol–water partition coefficient (Wildman–Crippen LogP) is 0.914. The zero-order valence-corrected chi connectivity index (χ0v) is 15.4. The van der Waals surface area contributed by atoms with Crippen LogP contribution in [-0.4, -0.2) is 79.7 Å². The van der Waals surface area contributed by atoms with E-state index < -0.39 is 16.9 Å². The molecular formula is C15H27N3O5S. The van der Waals surface area contributed by atoms with Crippen molar-refractivity contribution in [1.82, 2.24) is 14.1 Å². The van der Waals surface area contributed by atoms with Crippen LogP contribution in [0.4, 0.5) is 4.79 Å². The second-order valence-electron chi connectivity index (χ2n) is 7.25. The van der Waals surface area contributed by atoms with Crippen LogP contribution in [-0.2, 0) is 20.8 Å². The van der Waals surface area contributed by atoms with Crippen LogP contribution < -0.4 is 0 Å². The predicted molar refractivity (Wildman–Crippen MR) is 89.5 cm³/mol. The smallest absolute Gasteiger partial charge is 0.410 e. The number of carbonyl (C=O) groups is 2. The maximum atomic E-state index is 12.6. The first-order valence-corrected chi connectivity index (χ1v) is 9.36. The molecule has 1 unspecified atom stereocenters. The number of nitrogens with zero attached hydrogens (tertiary/aromatic N) is 3. The van der Waals surface area contributed by atoms with Gasteiger partial charge in [0.1, 0.15) is 5.60 Å². The normalized spacial score (nSPS) is 24.6. The summed E-state index contributed by atoms with van der Waals surface area (Å²) < 4.78 is 27.1. The molecule has 0 saturated carbocycles. The van der Waals surface area contributed by atoms with Crippen molar-refractivity contribution in [2.24, 2.45) is 5.92 Å². The molecule has 1 N–H and O–H groups in total. The lowest BCUT2D eigenvalue weighted by atomic mass is 9.98. The molecular weight excluding hydrogens is 334 g/mol. The van der Waals surface area contributed by atoms with Crippen LogP contribution >= 0.6 is 0 Å². The lowest BCUT2D eigenvalue weighted by molar-refractivity contribution is -0.138. The van der Waals surface area contributed by atoms with Gasteiger partial charge in [-0.25, -0.2) is 13.3 Å². The van der Waals surface area contributed by atoms with Crippen LogP contribution in [0.5, 0.6) is 0 Å². The number of piperidine rings is 1. The van der Waals surface area contributed by atoms with Crippen LogP contribution in [0.25, 0.3) is 0 Å². The summed E-state index contributed by atoms with van der Waals surface area (Å²) in [7, 11) is 0. The molecule has 0 aromatic heterocycles. The Bertz CT molecular complexity index is 500. The van der Waals surface area contributed by atoms with Crippen molar-refractivity contribution in [3.05, 3.63) is 0 Å². The summed E-state index contributed by atoms with van der Waals surface area (Å²) in [4.78, 5) is 28.0.